The SMILES string of the molecule is CCCCCCCCCCC/C=C/C/C=C/CCCC(=O)OC[C@@H](COP(=O)(O)OCC[N+](C)(C)C)OC(=O)CCCCCCCCCCC. The van der Waals surface area contributed by atoms with Crippen molar-refractivity contribution in [1.29, 1.82) is 0 Å². The van der Waals surface area contributed by atoms with E-state index < -0.39 is 32.5 Å². The van der Waals surface area contributed by atoms with Gasteiger partial charge in [0, 0.05) is 12.8 Å². The highest BCUT2D eigenvalue weighted by Crippen LogP contribution is 2.43. The molecule has 0 amide bonds. The monoisotopic (exact) mass is 731 g/mol. The van der Waals surface area contributed by atoms with E-state index in [1.807, 2.05) is 21.1 Å². The van der Waals surface area contributed by atoms with E-state index in [1.54, 1.807) is 0 Å². The number of hydrogen-bond donors (Lipinski definition) is 1. The summed E-state index contributed by atoms with van der Waals surface area (Å²) in [6.45, 7) is 4.34. The molecular formula is C40H77NO8P+. The number of unbranched alkanes of at least 4 members (excludes halogenated alkanes) is 18. The summed E-state index contributed by atoms with van der Waals surface area (Å²) < 4.78 is 34.1. The molecule has 2 atom stereocenters. The highest BCUT2D eigenvalue weighted by Gasteiger charge is 2.27. The second-order valence-corrected chi connectivity index (χ2v) is 16.1. The van der Waals surface area contributed by atoms with Gasteiger partial charge in [0.1, 0.15) is 19.8 Å². The molecule has 9 nitrogen and oxygen atoms in total. The number of rotatable bonds is 36. The van der Waals surface area contributed by atoms with Crippen molar-refractivity contribution in [1.82, 2.24) is 0 Å². The lowest BCUT2D eigenvalue weighted by Crippen LogP contribution is -2.37. The largest absolute Gasteiger partial charge is 0.472 e. The van der Waals surface area contributed by atoms with E-state index in [4.69, 9.17) is 18.5 Å². The Morgan fingerprint density at radius 1 is 0.620 bits per heavy atom. The van der Waals surface area contributed by atoms with Crippen LogP contribution in [0.25, 0.3) is 0 Å². The molecule has 1 unspecified atom stereocenters. The molecule has 0 radical (unpaired) electrons. The molecule has 0 spiro atoms. The molecule has 0 heterocycles. The molecule has 0 aromatic carbocycles. The van der Waals surface area contributed by atoms with Gasteiger partial charge in [-0.1, -0.05) is 141 Å². The lowest BCUT2D eigenvalue weighted by Gasteiger charge is -2.24. The number of likely N-dealkylation sites (N-methyl/N-ethyl adjacent to an activating group) is 1. The van der Waals surface area contributed by atoms with Crippen LogP contribution >= 0.6 is 7.82 Å². The number of allylic oxidation sites excluding steroid dienone is 4. The molecule has 0 bridgehead atoms. The minimum Gasteiger partial charge on any atom is -0.462 e. The summed E-state index contributed by atoms with van der Waals surface area (Å²) in [4.78, 5) is 35.1. The molecule has 50 heavy (non-hydrogen) atoms. The molecular weight excluding hydrogens is 653 g/mol. The van der Waals surface area contributed by atoms with Crippen molar-refractivity contribution in [3.63, 3.8) is 0 Å². The summed E-state index contributed by atoms with van der Waals surface area (Å²) in [6.07, 6.45) is 33.8. The molecule has 0 aliphatic carbocycles. The number of carbonyl (C=O) groups excluding carboxylic acids is 2. The molecule has 0 rings (SSSR count). The van der Waals surface area contributed by atoms with Crippen molar-refractivity contribution in [3.8, 4) is 0 Å². The highest BCUT2D eigenvalue weighted by atomic mass is 31.2. The molecule has 0 aromatic heterocycles. The van der Waals surface area contributed by atoms with Crippen molar-refractivity contribution < 1.29 is 42.1 Å². The van der Waals surface area contributed by atoms with Gasteiger partial charge in [-0.05, 0) is 38.5 Å². The summed E-state index contributed by atoms with van der Waals surface area (Å²) in [5.41, 5.74) is 0. The Morgan fingerprint density at radius 3 is 1.64 bits per heavy atom. The van der Waals surface area contributed by atoms with Gasteiger partial charge in [-0.25, -0.2) is 4.57 Å². The fourth-order valence-corrected chi connectivity index (χ4v) is 6.03. The van der Waals surface area contributed by atoms with E-state index in [1.165, 1.54) is 89.9 Å². The first kappa shape index (κ1) is 48.5. The third-order valence-corrected chi connectivity index (χ3v) is 9.47. The van der Waals surface area contributed by atoms with Gasteiger partial charge in [0.15, 0.2) is 6.10 Å². The van der Waals surface area contributed by atoms with Gasteiger partial charge in [-0.3, -0.25) is 18.6 Å². The number of ether oxygens (including phenoxy) is 2. The molecule has 294 valence electrons. The summed E-state index contributed by atoms with van der Waals surface area (Å²) >= 11 is 0. The number of hydrogen-bond acceptors (Lipinski definition) is 7. The normalized spacial score (nSPS) is 14.0. The smallest absolute Gasteiger partial charge is 0.462 e. The maximum absolute atomic E-state index is 12.6. The highest BCUT2D eigenvalue weighted by molar-refractivity contribution is 7.47. The predicted octanol–water partition coefficient (Wildman–Crippen LogP) is 10.8. The Bertz CT molecular complexity index is 918. The first-order valence-electron chi connectivity index (χ1n) is 20.1. The van der Waals surface area contributed by atoms with Gasteiger partial charge in [0.05, 0.1) is 27.7 Å². The van der Waals surface area contributed by atoms with Gasteiger partial charge in [0.25, 0.3) is 0 Å². The Hall–Kier alpha value is -1.51. The van der Waals surface area contributed by atoms with Gasteiger partial charge >= 0.3 is 19.8 Å². The number of phosphoric acid groups is 1. The Labute approximate surface area is 307 Å². The second-order valence-electron chi connectivity index (χ2n) is 14.7. The molecule has 0 saturated carbocycles. The number of nitrogens with zero attached hydrogens (tertiary/aromatic N) is 1. The van der Waals surface area contributed by atoms with Gasteiger partial charge in [0.2, 0.25) is 0 Å². The molecule has 10 heteroatoms. The quantitative estimate of drug-likeness (QED) is 0.0223. The van der Waals surface area contributed by atoms with Crippen LogP contribution in [0.2, 0.25) is 0 Å². The molecule has 0 saturated heterocycles. The zero-order valence-corrected chi connectivity index (χ0v) is 33.8. The topological polar surface area (TPSA) is 108 Å². The summed E-state index contributed by atoms with van der Waals surface area (Å²) in [5.74, 6) is -0.853. The summed E-state index contributed by atoms with van der Waals surface area (Å²) in [7, 11) is 1.46. The zero-order valence-electron chi connectivity index (χ0n) is 32.9. The molecule has 0 aromatic rings. The second kappa shape index (κ2) is 33.3. The lowest BCUT2D eigenvalue weighted by atomic mass is 10.1. The van der Waals surface area contributed by atoms with Crippen LogP contribution < -0.4 is 0 Å². The van der Waals surface area contributed by atoms with E-state index in [0.717, 1.165) is 38.5 Å². The Morgan fingerprint density at radius 2 is 1.10 bits per heavy atom. The van der Waals surface area contributed by atoms with Crippen LogP contribution in [0.1, 0.15) is 168 Å². The third kappa shape index (κ3) is 36.3. The maximum Gasteiger partial charge on any atom is 0.472 e. The number of esters is 2. The van der Waals surface area contributed by atoms with Crippen molar-refractivity contribution >= 4 is 19.8 Å². The number of quaternary nitrogens is 1. The molecule has 0 fully saturated rings. The van der Waals surface area contributed by atoms with E-state index >= 15 is 0 Å². The maximum atomic E-state index is 12.6. The Kier molecular flexibility index (Phi) is 32.3. The predicted molar refractivity (Wildman–Crippen MR) is 206 cm³/mol. The Balaban J connectivity index is 4.41. The van der Waals surface area contributed by atoms with E-state index in [0.29, 0.717) is 23.9 Å². The van der Waals surface area contributed by atoms with Crippen molar-refractivity contribution in [2.75, 3.05) is 47.5 Å². The summed E-state index contributed by atoms with van der Waals surface area (Å²) in [5, 5.41) is 0. The van der Waals surface area contributed by atoms with Crippen LogP contribution in [-0.2, 0) is 32.7 Å². The van der Waals surface area contributed by atoms with E-state index in [-0.39, 0.29) is 26.1 Å². The van der Waals surface area contributed by atoms with Gasteiger partial charge < -0.3 is 18.9 Å². The summed E-state index contributed by atoms with van der Waals surface area (Å²) in [6, 6.07) is 0. The fourth-order valence-electron chi connectivity index (χ4n) is 5.29. The van der Waals surface area contributed by atoms with Crippen LogP contribution in [0.15, 0.2) is 24.3 Å². The third-order valence-electron chi connectivity index (χ3n) is 8.48. The molecule has 0 aliphatic heterocycles. The number of phosphoric ester groups is 1. The zero-order chi connectivity index (χ0) is 37.2. The van der Waals surface area contributed by atoms with Crippen molar-refractivity contribution in [2.24, 2.45) is 0 Å². The van der Waals surface area contributed by atoms with Crippen LogP contribution in [0, 0.1) is 0 Å². The van der Waals surface area contributed by atoms with E-state index in [2.05, 4.69) is 38.2 Å². The average molecular weight is 731 g/mol. The van der Waals surface area contributed by atoms with Gasteiger partial charge in [-0.15, -0.1) is 0 Å². The lowest BCUT2D eigenvalue weighted by molar-refractivity contribution is -0.870. The van der Waals surface area contributed by atoms with Crippen molar-refractivity contribution in [2.45, 2.75) is 174 Å². The van der Waals surface area contributed by atoms with Crippen LogP contribution in [-0.4, -0.2) is 74.9 Å². The van der Waals surface area contributed by atoms with Crippen LogP contribution in [0.3, 0.4) is 0 Å². The van der Waals surface area contributed by atoms with Crippen LogP contribution in [0.4, 0.5) is 0 Å². The molecule has 0 aliphatic rings. The van der Waals surface area contributed by atoms with E-state index in [9.17, 15) is 19.0 Å². The minimum atomic E-state index is -4.37. The first-order chi connectivity index (χ1) is 24.0. The van der Waals surface area contributed by atoms with Crippen molar-refractivity contribution in [3.05, 3.63) is 24.3 Å². The average Bonchev–Trinajstić information content (AvgIpc) is 3.06. The fraction of sp³-hybridized carbons (Fsp3) is 0.850. The standard InChI is InChI=1S/C40H76NO8P/c1-6-8-10-12-14-16-17-18-19-20-21-22-23-25-26-28-30-32-39(42)46-36-38(37-48-50(44,45)47-35-34-41(3,4)5)49-40(43)33-31-29-27-24-15-13-11-9-7-2/h21-22,25-26,38H,6-20,23-24,27-37H2,1-5H3/p+1/b22-21+,26-25+/t38-/m0/s1. The number of carbonyl (C=O) groups is 2. The minimum absolute atomic E-state index is 0.0272. The molecule has 1 N–H and O–H groups in total. The first-order valence-corrected chi connectivity index (χ1v) is 21.6. The van der Waals surface area contributed by atoms with Gasteiger partial charge in [-0.2, -0.15) is 0 Å². The van der Waals surface area contributed by atoms with Crippen LogP contribution in [0.5, 0.6) is 0 Å².